The largest absolute Gasteiger partial charge is 0.394 e. The number of likely N-dealkylation sites (tertiary alicyclic amines) is 1. The predicted octanol–water partition coefficient (Wildman–Crippen LogP) is 5.57. The molecule has 2 bridgehead atoms. The molecule has 234 valence electrons. The highest BCUT2D eigenvalue weighted by molar-refractivity contribution is 8.02. The van der Waals surface area contributed by atoms with Crippen molar-refractivity contribution in [3.05, 3.63) is 90.5 Å². The average molecular weight is 636 g/mol. The Morgan fingerprint density at radius 3 is 2.41 bits per heavy atom. The van der Waals surface area contributed by atoms with Crippen molar-refractivity contribution in [2.75, 3.05) is 24.6 Å². The van der Waals surface area contributed by atoms with Crippen molar-refractivity contribution >= 4 is 46.8 Å². The second-order valence-corrected chi connectivity index (χ2v) is 14.5. The van der Waals surface area contributed by atoms with E-state index in [9.17, 15) is 19.5 Å². The third kappa shape index (κ3) is 5.72. The van der Waals surface area contributed by atoms with Gasteiger partial charge in [-0.15, -0.1) is 24.9 Å². The van der Waals surface area contributed by atoms with Gasteiger partial charge in [-0.1, -0.05) is 80.1 Å². The van der Waals surface area contributed by atoms with E-state index < -0.39 is 28.7 Å². The average Bonchev–Trinajstić information content (AvgIpc) is 3.66. The van der Waals surface area contributed by atoms with Gasteiger partial charge in [0.2, 0.25) is 11.8 Å². The molecule has 0 saturated carbocycles. The first-order valence-electron chi connectivity index (χ1n) is 15.4. The Balaban J connectivity index is 1.58. The highest BCUT2D eigenvalue weighted by Crippen LogP contribution is 2.67. The lowest BCUT2D eigenvalue weighted by Crippen LogP contribution is -2.58. The van der Waals surface area contributed by atoms with E-state index in [0.717, 1.165) is 12.0 Å². The second-order valence-electron chi connectivity index (χ2n) is 12.4. The van der Waals surface area contributed by atoms with Gasteiger partial charge in [0.05, 0.1) is 39.9 Å². The number of para-hydroxylation sites is 1. The van der Waals surface area contributed by atoms with Crippen molar-refractivity contribution in [3.8, 4) is 0 Å². The quantitative estimate of drug-likeness (QED) is 0.291. The molecule has 3 fully saturated rings. The molecule has 3 aliphatic heterocycles. The van der Waals surface area contributed by atoms with Crippen molar-refractivity contribution in [2.24, 2.45) is 17.8 Å². The Kier molecular flexibility index (Phi) is 9.93. The number of hydrogen-bond acceptors (Lipinski definition) is 5. The summed E-state index contributed by atoms with van der Waals surface area (Å²) in [5.74, 6) is -1.63. The summed E-state index contributed by atoms with van der Waals surface area (Å²) in [4.78, 5) is 49.0. The summed E-state index contributed by atoms with van der Waals surface area (Å²) in [6, 6.07) is 15.5. The maximum absolute atomic E-state index is 14.9. The Bertz CT molecular complexity index is 1400. The molecule has 5 rings (SSSR count). The Labute approximate surface area is 269 Å². The monoisotopic (exact) mass is 635 g/mol. The first-order valence-corrected chi connectivity index (χ1v) is 16.7. The first-order chi connectivity index (χ1) is 21.2. The molecule has 0 aromatic heterocycles. The minimum Gasteiger partial charge on any atom is -0.394 e. The van der Waals surface area contributed by atoms with E-state index in [4.69, 9.17) is 11.6 Å². The molecule has 0 aliphatic carbocycles. The number of fused-ring (bicyclic) bond motifs is 1. The minimum absolute atomic E-state index is 0.0807. The first kappa shape index (κ1) is 32.3. The molecule has 3 aliphatic rings. The molecule has 0 radical (unpaired) electrons. The normalized spacial score (nSPS) is 26.0. The van der Waals surface area contributed by atoms with Crippen LogP contribution in [-0.2, 0) is 20.9 Å². The van der Waals surface area contributed by atoms with E-state index in [1.807, 2.05) is 56.3 Å². The number of benzene rings is 2. The van der Waals surface area contributed by atoms with Crippen LogP contribution >= 0.6 is 23.4 Å². The number of carbonyl (C=O) groups excluding carboxylic acids is 3. The second kappa shape index (κ2) is 13.5. The minimum atomic E-state index is -0.859. The topological polar surface area (TPSA) is 81.2 Å². The molecule has 1 spiro atoms. The number of amides is 3. The molecule has 7 nitrogen and oxygen atoms in total. The zero-order valence-corrected chi connectivity index (χ0v) is 27.1. The third-order valence-electron chi connectivity index (χ3n) is 9.20. The SMILES string of the molecule is C=CCN(Cc1ccccc1)C(=O)[C@@H]1[C@@H]2CCC3(S2)C(C(=O)N(CC=C)c2ccccc2Cl)N([C@@H](CO)CC(C)C)C(=O)[C@H]13. The summed E-state index contributed by atoms with van der Waals surface area (Å²) in [7, 11) is 0. The molecule has 44 heavy (non-hydrogen) atoms. The van der Waals surface area contributed by atoms with Crippen LogP contribution in [0.3, 0.4) is 0 Å². The highest BCUT2D eigenvalue weighted by Gasteiger charge is 2.74. The Hall–Kier alpha value is -3.07. The van der Waals surface area contributed by atoms with Crippen LogP contribution in [0.15, 0.2) is 79.9 Å². The van der Waals surface area contributed by atoms with E-state index in [2.05, 4.69) is 13.2 Å². The number of aliphatic hydroxyl groups is 1. The van der Waals surface area contributed by atoms with Crippen LogP contribution in [0.25, 0.3) is 0 Å². The summed E-state index contributed by atoms with van der Waals surface area (Å²) in [6.45, 7) is 12.6. The van der Waals surface area contributed by atoms with E-state index in [-0.39, 0.29) is 42.0 Å². The van der Waals surface area contributed by atoms with Crippen molar-refractivity contribution in [3.63, 3.8) is 0 Å². The lowest BCUT2D eigenvalue weighted by atomic mass is 9.70. The molecule has 1 N–H and O–H groups in total. The van der Waals surface area contributed by atoms with Gasteiger partial charge < -0.3 is 19.8 Å². The number of halogens is 1. The molecule has 3 amide bonds. The summed E-state index contributed by atoms with van der Waals surface area (Å²) >= 11 is 8.23. The highest BCUT2D eigenvalue weighted by atomic mass is 35.5. The van der Waals surface area contributed by atoms with E-state index in [1.165, 1.54) is 0 Å². The van der Waals surface area contributed by atoms with Crippen LogP contribution in [0.2, 0.25) is 5.02 Å². The zero-order chi connectivity index (χ0) is 31.6. The molecule has 2 aromatic carbocycles. The van der Waals surface area contributed by atoms with Gasteiger partial charge in [-0.2, -0.15) is 0 Å². The van der Waals surface area contributed by atoms with Crippen LogP contribution in [0.1, 0.15) is 38.7 Å². The number of nitrogens with zero attached hydrogens (tertiary/aromatic N) is 3. The van der Waals surface area contributed by atoms with Crippen LogP contribution < -0.4 is 4.90 Å². The van der Waals surface area contributed by atoms with Gasteiger partial charge in [-0.05, 0) is 42.9 Å². The molecule has 6 atom stereocenters. The van der Waals surface area contributed by atoms with E-state index >= 15 is 0 Å². The van der Waals surface area contributed by atoms with Crippen LogP contribution in [0.5, 0.6) is 0 Å². The smallest absolute Gasteiger partial charge is 0.251 e. The van der Waals surface area contributed by atoms with E-state index in [0.29, 0.717) is 36.6 Å². The number of rotatable bonds is 13. The standard InChI is InChI=1S/C35H42ClN3O4S/c1-5-18-37(21-24-12-8-7-9-13-24)32(41)29-28-16-17-35(44-28)30(29)33(42)39(25(22-40)20-23(3)4)31(35)34(43)38(19-6-2)27-15-11-10-14-26(27)36/h5-15,23,25,28-31,40H,1-2,16-22H2,3-4H3/t25-,28+,29-,30+,31?,35?/m1/s1. The third-order valence-corrected chi connectivity index (χ3v) is 11.5. The number of anilines is 1. The Morgan fingerprint density at radius 2 is 1.77 bits per heavy atom. The molecule has 9 heteroatoms. The lowest BCUT2D eigenvalue weighted by molar-refractivity contribution is -0.145. The van der Waals surface area contributed by atoms with E-state index in [1.54, 1.807) is 50.7 Å². The molecule has 3 heterocycles. The van der Waals surface area contributed by atoms with Gasteiger partial charge in [-0.3, -0.25) is 14.4 Å². The van der Waals surface area contributed by atoms with Crippen LogP contribution in [0, 0.1) is 17.8 Å². The van der Waals surface area contributed by atoms with Gasteiger partial charge in [-0.25, -0.2) is 0 Å². The van der Waals surface area contributed by atoms with Gasteiger partial charge in [0, 0.05) is 24.9 Å². The van der Waals surface area contributed by atoms with Crippen LogP contribution in [0.4, 0.5) is 5.69 Å². The summed E-state index contributed by atoms with van der Waals surface area (Å²) in [5, 5.41) is 11.0. The number of thioether (sulfide) groups is 1. The number of hydrogen-bond donors (Lipinski definition) is 1. The molecule has 2 aromatic rings. The zero-order valence-electron chi connectivity index (χ0n) is 25.5. The Morgan fingerprint density at radius 1 is 1.09 bits per heavy atom. The molecule has 2 unspecified atom stereocenters. The summed E-state index contributed by atoms with van der Waals surface area (Å²) in [5.41, 5.74) is 1.54. The van der Waals surface area contributed by atoms with Gasteiger partial charge >= 0.3 is 0 Å². The molecule has 3 saturated heterocycles. The maximum atomic E-state index is 14.9. The molecular formula is C35H42ClN3O4S. The van der Waals surface area contributed by atoms with Crippen molar-refractivity contribution in [1.29, 1.82) is 0 Å². The summed E-state index contributed by atoms with van der Waals surface area (Å²) < 4.78 is -0.795. The van der Waals surface area contributed by atoms with Gasteiger partial charge in [0.15, 0.2) is 0 Å². The van der Waals surface area contributed by atoms with Crippen molar-refractivity contribution < 1.29 is 19.5 Å². The fourth-order valence-electron chi connectivity index (χ4n) is 7.52. The fraction of sp³-hybridized carbons (Fsp3) is 0.457. The predicted molar refractivity (Wildman–Crippen MR) is 177 cm³/mol. The summed E-state index contributed by atoms with van der Waals surface area (Å²) in [6.07, 6.45) is 5.27. The van der Waals surface area contributed by atoms with Gasteiger partial charge in [0.25, 0.3) is 5.91 Å². The fourth-order valence-corrected chi connectivity index (χ4v) is 9.95. The number of aliphatic hydroxyl groups excluding tert-OH is 1. The van der Waals surface area contributed by atoms with Crippen molar-refractivity contribution in [2.45, 2.75) is 61.7 Å². The number of carbonyl (C=O) groups is 3. The van der Waals surface area contributed by atoms with Crippen molar-refractivity contribution in [1.82, 2.24) is 9.80 Å². The lowest BCUT2D eigenvalue weighted by Gasteiger charge is -2.40. The van der Waals surface area contributed by atoms with Crippen LogP contribution in [-0.4, -0.2) is 74.4 Å². The van der Waals surface area contributed by atoms with Gasteiger partial charge in [0.1, 0.15) is 6.04 Å². The maximum Gasteiger partial charge on any atom is 0.251 e. The molecular weight excluding hydrogens is 594 g/mol.